The lowest BCUT2D eigenvalue weighted by molar-refractivity contribution is 0.315. The number of phenols is 1. The molecule has 0 bridgehead atoms. The molecular formula is C18H21N3O3. The molecule has 0 amide bonds. The Morgan fingerprint density at radius 2 is 1.50 bits per heavy atom. The summed E-state index contributed by atoms with van der Waals surface area (Å²) in [5.74, 6) is 1.47. The monoisotopic (exact) mass is 327 g/mol. The van der Waals surface area contributed by atoms with Crippen molar-refractivity contribution in [3.05, 3.63) is 36.4 Å². The van der Waals surface area contributed by atoms with Crippen LogP contribution in [0.2, 0.25) is 0 Å². The van der Waals surface area contributed by atoms with E-state index < -0.39 is 0 Å². The summed E-state index contributed by atoms with van der Waals surface area (Å²) in [7, 11) is 0. The van der Waals surface area contributed by atoms with Gasteiger partial charge in [-0.05, 0) is 37.1 Å². The van der Waals surface area contributed by atoms with Crippen LogP contribution in [0, 0.1) is 0 Å². The quantitative estimate of drug-likeness (QED) is 0.716. The van der Waals surface area contributed by atoms with Gasteiger partial charge in [0.25, 0.3) is 0 Å². The maximum atomic E-state index is 10.2. The fraction of sp³-hybridized carbons (Fsp3) is 0.333. The van der Waals surface area contributed by atoms with Gasteiger partial charge in [-0.25, -0.2) is 0 Å². The fourth-order valence-corrected chi connectivity index (χ4v) is 2.29. The first-order valence-electron chi connectivity index (χ1n) is 8.17. The summed E-state index contributed by atoms with van der Waals surface area (Å²) in [5, 5.41) is 19.1. The van der Waals surface area contributed by atoms with Crippen LogP contribution in [-0.4, -0.2) is 33.3 Å². The standard InChI is InChI=1S/C18H21N3O3/c1-3-9-23-13-5-7-15-16(11-13)20-21(19-15)17-8-6-14(12-18(17)22)24-10-4-2/h5-8,11-12,22H,3-4,9-10H2,1-2H3. The first-order chi connectivity index (χ1) is 11.7. The number of nitrogens with zero attached hydrogens (tertiary/aromatic N) is 3. The molecule has 3 rings (SSSR count). The van der Waals surface area contributed by atoms with Crippen LogP contribution in [0.1, 0.15) is 26.7 Å². The minimum absolute atomic E-state index is 0.0753. The van der Waals surface area contributed by atoms with Gasteiger partial charge in [-0.15, -0.1) is 15.0 Å². The Kier molecular flexibility index (Phi) is 4.84. The van der Waals surface area contributed by atoms with Gasteiger partial charge in [0.2, 0.25) is 0 Å². The van der Waals surface area contributed by atoms with Crippen molar-refractivity contribution in [3.63, 3.8) is 0 Å². The highest BCUT2D eigenvalue weighted by atomic mass is 16.5. The molecule has 0 saturated carbocycles. The van der Waals surface area contributed by atoms with E-state index in [1.165, 1.54) is 4.80 Å². The van der Waals surface area contributed by atoms with Crippen LogP contribution < -0.4 is 9.47 Å². The Balaban J connectivity index is 1.88. The van der Waals surface area contributed by atoms with E-state index in [-0.39, 0.29) is 5.75 Å². The summed E-state index contributed by atoms with van der Waals surface area (Å²) in [5.41, 5.74) is 1.96. The molecule has 0 aliphatic carbocycles. The van der Waals surface area contributed by atoms with Crippen molar-refractivity contribution >= 4 is 11.0 Å². The molecular weight excluding hydrogens is 306 g/mol. The predicted octanol–water partition coefficient (Wildman–Crippen LogP) is 3.70. The van der Waals surface area contributed by atoms with Crippen LogP contribution in [0.5, 0.6) is 17.2 Å². The number of rotatable bonds is 7. The van der Waals surface area contributed by atoms with Crippen molar-refractivity contribution in [2.75, 3.05) is 13.2 Å². The molecule has 2 aromatic carbocycles. The molecule has 0 radical (unpaired) electrons. The summed E-state index contributed by atoms with van der Waals surface area (Å²) < 4.78 is 11.1. The molecule has 0 unspecified atom stereocenters. The molecule has 1 N–H and O–H groups in total. The second kappa shape index (κ2) is 7.21. The van der Waals surface area contributed by atoms with Crippen molar-refractivity contribution in [1.82, 2.24) is 15.0 Å². The summed E-state index contributed by atoms with van der Waals surface area (Å²) in [6.07, 6.45) is 1.86. The summed E-state index contributed by atoms with van der Waals surface area (Å²) >= 11 is 0. The van der Waals surface area contributed by atoms with Crippen LogP contribution >= 0.6 is 0 Å². The number of hydrogen-bond donors (Lipinski definition) is 1. The third kappa shape index (κ3) is 3.42. The molecule has 0 saturated heterocycles. The number of benzene rings is 2. The normalized spacial score (nSPS) is 10.9. The molecule has 0 fully saturated rings. The van der Waals surface area contributed by atoms with Gasteiger partial charge in [0.15, 0.2) is 0 Å². The zero-order valence-corrected chi connectivity index (χ0v) is 13.9. The number of phenolic OH excluding ortho intramolecular Hbond substituents is 1. The van der Waals surface area contributed by atoms with Gasteiger partial charge >= 0.3 is 0 Å². The van der Waals surface area contributed by atoms with E-state index in [0.717, 1.165) is 24.1 Å². The number of hydrogen-bond acceptors (Lipinski definition) is 5. The number of fused-ring (bicyclic) bond motifs is 1. The predicted molar refractivity (Wildman–Crippen MR) is 92.1 cm³/mol. The maximum absolute atomic E-state index is 10.2. The summed E-state index contributed by atoms with van der Waals surface area (Å²) in [6.45, 7) is 5.38. The fourth-order valence-electron chi connectivity index (χ4n) is 2.29. The highest BCUT2D eigenvalue weighted by Crippen LogP contribution is 2.27. The molecule has 126 valence electrons. The molecule has 6 heteroatoms. The molecule has 0 aliphatic heterocycles. The van der Waals surface area contributed by atoms with Crippen LogP contribution in [0.25, 0.3) is 16.7 Å². The lowest BCUT2D eigenvalue weighted by Gasteiger charge is -2.07. The lowest BCUT2D eigenvalue weighted by atomic mass is 10.3. The third-order valence-electron chi connectivity index (χ3n) is 3.46. The topological polar surface area (TPSA) is 69.4 Å². The van der Waals surface area contributed by atoms with E-state index in [2.05, 4.69) is 17.1 Å². The molecule has 6 nitrogen and oxygen atoms in total. The third-order valence-corrected chi connectivity index (χ3v) is 3.46. The van der Waals surface area contributed by atoms with Crippen LogP contribution in [0.3, 0.4) is 0 Å². The van der Waals surface area contributed by atoms with E-state index in [9.17, 15) is 5.11 Å². The van der Waals surface area contributed by atoms with E-state index in [1.54, 1.807) is 18.2 Å². The van der Waals surface area contributed by atoms with Gasteiger partial charge in [0.1, 0.15) is 34.0 Å². The highest BCUT2D eigenvalue weighted by molar-refractivity contribution is 5.75. The molecule has 0 spiro atoms. The summed E-state index contributed by atoms with van der Waals surface area (Å²) in [6, 6.07) is 10.7. The van der Waals surface area contributed by atoms with Crippen molar-refractivity contribution < 1.29 is 14.6 Å². The largest absolute Gasteiger partial charge is 0.505 e. The van der Waals surface area contributed by atoms with Gasteiger partial charge in [-0.1, -0.05) is 13.8 Å². The highest BCUT2D eigenvalue weighted by Gasteiger charge is 2.11. The molecule has 24 heavy (non-hydrogen) atoms. The van der Waals surface area contributed by atoms with Gasteiger partial charge in [0, 0.05) is 12.1 Å². The number of ether oxygens (including phenoxy) is 2. The van der Waals surface area contributed by atoms with Gasteiger partial charge in [-0.3, -0.25) is 0 Å². The van der Waals surface area contributed by atoms with Crippen molar-refractivity contribution in [1.29, 1.82) is 0 Å². The Morgan fingerprint density at radius 3 is 2.17 bits per heavy atom. The van der Waals surface area contributed by atoms with E-state index in [4.69, 9.17) is 9.47 Å². The average molecular weight is 327 g/mol. The molecule has 3 aromatic rings. The van der Waals surface area contributed by atoms with E-state index in [1.807, 2.05) is 25.1 Å². The van der Waals surface area contributed by atoms with Crippen LogP contribution in [0.4, 0.5) is 0 Å². The molecule has 1 aromatic heterocycles. The van der Waals surface area contributed by atoms with Crippen molar-refractivity contribution in [2.45, 2.75) is 26.7 Å². The van der Waals surface area contributed by atoms with Gasteiger partial charge in [-0.2, -0.15) is 0 Å². The minimum atomic E-state index is 0.0753. The van der Waals surface area contributed by atoms with E-state index in [0.29, 0.717) is 30.2 Å². The minimum Gasteiger partial charge on any atom is -0.505 e. The van der Waals surface area contributed by atoms with Crippen molar-refractivity contribution in [2.24, 2.45) is 0 Å². The number of aromatic hydroxyl groups is 1. The van der Waals surface area contributed by atoms with E-state index >= 15 is 0 Å². The molecule has 0 aliphatic rings. The second-order valence-corrected chi connectivity index (χ2v) is 5.49. The second-order valence-electron chi connectivity index (χ2n) is 5.49. The van der Waals surface area contributed by atoms with Gasteiger partial charge in [0.05, 0.1) is 13.2 Å². The SMILES string of the molecule is CCCOc1ccc(-n2nc3ccc(OCCC)cc3n2)c(O)c1. The lowest BCUT2D eigenvalue weighted by Crippen LogP contribution is -2.00. The Labute approximate surface area is 140 Å². The zero-order valence-electron chi connectivity index (χ0n) is 13.9. The maximum Gasteiger partial charge on any atom is 0.146 e. The molecule has 0 atom stereocenters. The molecule has 1 heterocycles. The Morgan fingerprint density at radius 1 is 0.875 bits per heavy atom. The van der Waals surface area contributed by atoms with Crippen LogP contribution in [0.15, 0.2) is 36.4 Å². The first-order valence-corrected chi connectivity index (χ1v) is 8.17. The summed E-state index contributed by atoms with van der Waals surface area (Å²) in [4.78, 5) is 1.42. The van der Waals surface area contributed by atoms with Crippen molar-refractivity contribution in [3.8, 4) is 22.9 Å². The Bertz CT molecular complexity index is 829. The van der Waals surface area contributed by atoms with Gasteiger partial charge < -0.3 is 14.6 Å². The first kappa shape index (κ1) is 16.1. The zero-order chi connectivity index (χ0) is 16.9. The average Bonchev–Trinajstić information content (AvgIpc) is 3.01. The Hall–Kier alpha value is -2.76. The van der Waals surface area contributed by atoms with Crippen LogP contribution in [-0.2, 0) is 0 Å². The smallest absolute Gasteiger partial charge is 0.146 e. The number of aromatic nitrogens is 3.